The molecule has 2 aliphatic rings. The minimum Gasteiger partial charge on any atom is -0.462 e. The molecule has 11 heavy (non-hydrogen) atoms. The molecular weight excluding hydrogens is 140 g/mol. The predicted octanol–water partition coefficient (Wildman–Crippen LogP) is 1.88. The van der Waals surface area contributed by atoms with Crippen molar-refractivity contribution >= 4 is 5.97 Å². The number of hydrogen-bond acceptors (Lipinski definition) is 2. The Morgan fingerprint density at radius 3 is 2.91 bits per heavy atom. The van der Waals surface area contributed by atoms with Crippen LogP contribution in [0.2, 0.25) is 0 Å². The molecule has 62 valence electrons. The van der Waals surface area contributed by atoms with Gasteiger partial charge in [0.05, 0.1) is 6.42 Å². The Hall–Kier alpha value is -0.530. The molecule has 0 radical (unpaired) electrons. The maximum Gasteiger partial charge on any atom is 0.306 e. The zero-order valence-corrected chi connectivity index (χ0v) is 6.71. The van der Waals surface area contributed by atoms with Crippen LogP contribution >= 0.6 is 0 Å². The smallest absolute Gasteiger partial charge is 0.306 e. The first-order valence-corrected chi connectivity index (χ1v) is 4.56. The second kappa shape index (κ2) is 2.84. The fourth-order valence-corrected chi connectivity index (χ4v) is 2.17. The van der Waals surface area contributed by atoms with Crippen molar-refractivity contribution in [3.8, 4) is 0 Å². The number of rotatable bonds is 0. The predicted molar refractivity (Wildman–Crippen MR) is 41.1 cm³/mol. The molecule has 2 atom stereocenters. The quantitative estimate of drug-likeness (QED) is 0.498. The highest BCUT2D eigenvalue weighted by molar-refractivity contribution is 5.72. The highest BCUT2D eigenvalue weighted by Gasteiger charge is 2.34. The summed E-state index contributed by atoms with van der Waals surface area (Å²) in [6.45, 7) is 0. The Bertz CT molecular complexity index is 149. The lowest BCUT2D eigenvalue weighted by molar-refractivity contribution is -0.141. The molecule has 2 rings (SSSR count). The van der Waals surface area contributed by atoms with E-state index in [1.165, 1.54) is 25.7 Å². The van der Waals surface area contributed by atoms with E-state index in [-0.39, 0.29) is 12.1 Å². The molecule has 0 amide bonds. The van der Waals surface area contributed by atoms with Crippen LogP contribution in [0.1, 0.15) is 38.5 Å². The van der Waals surface area contributed by atoms with Gasteiger partial charge in [0.25, 0.3) is 0 Å². The van der Waals surface area contributed by atoms with Gasteiger partial charge in [-0.25, -0.2) is 0 Å². The molecule has 0 aromatic carbocycles. The number of hydrogen-bond donors (Lipinski definition) is 0. The highest BCUT2D eigenvalue weighted by atomic mass is 16.5. The summed E-state index contributed by atoms with van der Waals surface area (Å²) < 4.78 is 5.21. The van der Waals surface area contributed by atoms with Crippen molar-refractivity contribution in [3.05, 3.63) is 0 Å². The van der Waals surface area contributed by atoms with Gasteiger partial charge in [-0.3, -0.25) is 4.79 Å². The number of carbonyl (C=O) groups excluding carboxylic acids is 1. The Kier molecular flexibility index (Phi) is 1.84. The zero-order valence-electron chi connectivity index (χ0n) is 6.71. The lowest BCUT2D eigenvalue weighted by atomic mass is 9.97. The van der Waals surface area contributed by atoms with Crippen LogP contribution in [0.25, 0.3) is 0 Å². The first kappa shape index (κ1) is 7.14. The van der Waals surface area contributed by atoms with Crippen molar-refractivity contribution < 1.29 is 9.53 Å². The van der Waals surface area contributed by atoms with Gasteiger partial charge in [-0.15, -0.1) is 0 Å². The van der Waals surface area contributed by atoms with Gasteiger partial charge >= 0.3 is 5.97 Å². The van der Waals surface area contributed by atoms with E-state index in [0.717, 1.165) is 6.42 Å². The number of ether oxygens (including phenoxy) is 1. The van der Waals surface area contributed by atoms with Crippen LogP contribution < -0.4 is 0 Å². The third-order valence-corrected chi connectivity index (χ3v) is 2.80. The normalized spacial score (nSPS) is 37.6. The topological polar surface area (TPSA) is 26.3 Å². The number of esters is 1. The lowest BCUT2D eigenvalue weighted by Crippen LogP contribution is -2.13. The third kappa shape index (κ3) is 1.39. The Labute approximate surface area is 66.9 Å². The molecule has 0 aromatic rings. The minimum atomic E-state index is 0.0295. The van der Waals surface area contributed by atoms with Crippen LogP contribution in [0, 0.1) is 5.92 Å². The average Bonchev–Trinajstić information content (AvgIpc) is 2.17. The van der Waals surface area contributed by atoms with E-state index >= 15 is 0 Å². The van der Waals surface area contributed by atoms with Crippen molar-refractivity contribution in [3.63, 3.8) is 0 Å². The van der Waals surface area contributed by atoms with Crippen molar-refractivity contribution in [2.75, 3.05) is 0 Å². The van der Waals surface area contributed by atoms with Gasteiger partial charge in [0, 0.05) is 5.92 Å². The fraction of sp³-hybridized carbons (Fsp3) is 0.889. The Morgan fingerprint density at radius 2 is 2.00 bits per heavy atom. The molecule has 0 bridgehead atoms. The van der Waals surface area contributed by atoms with Crippen molar-refractivity contribution in [1.82, 2.24) is 0 Å². The van der Waals surface area contributed by atoms with Gasteiger partial charge in [0.15, 0.2) is 0 Å². The van der Waals surface area contributed by atoms with Gasteiger partial charge in [0.2, 0.25) is 0 Å². The molecule has 0 N–H and O–H groups in total. The molecule has 0 unspecified atom stereocenters. The van der Waals surface area contributed by atoms with E-state index in [1.54, 1.807) is 0 Å². The van der Waals surface area contributed by atoms with E-state index in [0.29, 0.717) is 12.3 Å². The summed E-state index contributed by atoms with van der Waals surface area (Å²) in [5.41, 5.74) is 0. The van der Waals surface area contributed by atoms with E-state index < -0.39 is 0 Å². The van der Waals surface area contributed by atoms with Crippen LogP contribution in [-0.4, -0.2) is 12.1 Å². The standard InChI is InChI=1S/C9H14O2/c10-9-6-7-4-2-1-3-5-8(7)11-9/h7-8H,1-6H2/t7-,8-/m0/s1. The molecule has 1 saturated carbocycles. The summed E-state index contributed by atoms with van der Waals surface area (Å²) in [6.07, 6.45) is 7.14. The molecule has 0 spiro atoms. The average molecular weight is 154 g/mol. The van der Waals surface area contributed by atoms with Crippen molar-refractivity contribution in [1.29, 1.82) is 0 Å². The Balaban J connectivity index is 2.01. The van der Waals surface area contributed by atoms with Gasteiger partial charge < -0.3 is 4.74 Å². The summed E-state index contributed by atoms with van der Waals surface area (Å²) in [6, 6.07) is 0. The van der Waals surface area contributed by atoms with Gasteiger partial charge in [-0.2, -0.15) is 0 Å². The molecule has 2 nitrogen and oxygen atoms in total. The van der Waals surface area contributed by atoms with E-state index in [2.05, 4.69) is 0 Å². The van der Waals surface area contributed by atoms with Gasteiger partial charge in [-0.05, 0) is 19.3 Å². The first-order chi connectivity index (χ1) is 5.36. The van der Waals surface area contributed by atoms with Crippen LogP contribution in [0.4, 0.5) is 0 Å². The van der Waals surface area contributed by atoms with E-state index in [4.69, 9.17) is 4.74 Å². The van der Waals surface area contributed by atoms with Crippen LogP contribution in [-0.2, 0) is 9.53 Å². The van der Waals surface area contributed by atoms with Gasteiger partial charge in [0.1, 0.15) is 6.10 Å². The third-order valence-electron chi connectivity index (χ3n) is 2.80. The minimum absolute atomic E-state index is 0.0295. The second-order valence-corrected chi connectivity index (χ2v) is 3.63. The van der Waals surface area contributed by atoms with Crippen LogP contribution in [0.15, 0.2) is 0 Å². The molecule has 1 aliphatic carbocycles. The monoisotopic (exact) mass is 154 g/mol. The summed E-state index contributed by atoms with van der Waals surface area (Å²) in [4.78, 5) is 10.9. The number of fused-ring (bicyclic) bond motifs is 1. The lowest BCUT2D eigenvalue weighted by Gasteiger charge is -2.12. The first-order valence-electron chi connectivity index (χ1n) is 4.56. The zero-order chi connectivity index (χ0) is 7.68. The summed E-state index contributed by atoms with van der Waals surface area (Å²) in [5, 5.41) is 0. The largest absolute Gasteiger partial charge is 0.462 e. The Morgan fingerprint density at radius 1 is 1.18 bits per heavy atom. The molecule has 2 heteroatoms. The molecule has 1 aliphatic heterocycles. The fourth-order valence-electron chi connectivity index (χ4n) is 2.17. The van der Waals surface area contributed by atoms with E-state index in [1.807, 2.05) is 0 Å². The van der Waals surface area contributed by atoms with Crippen molar-refractivity contribution in [2.45, 2.75) is 44.6 Å². The summed E-state index contributed by atoms with van der Waals surface area (Å²) in [5.74, 6) is 0.590. The maximum atomic E-state index is 10.9. The molecular formula is C9H14O2. The summed E-state index contributed by atoms with van der Waals surface area (Å²) in [7, 11) is 0. The van der Waals surface area contributed by atoms with Gasteiger partial charge in [-0.1, -0.05) is 12.8 Å². The van der Waals surface area contributed by atoms with Crippen molar-refractivity contribution in [2.24, 2.45) is 5.92 Å². The summed E-state index contributed by atoms with van der Waals surface area (Å²) >= 11 is 0. The molecule has 1 saturated heterocycles. The van der Waals surface area contributed by atoms with Crippen LogP contribution in [0.5, 0.6) is 0 Å². The molecule has 0 aromatic heterocycles. The van der Waals surface area contributed by atoms with E-state index in [9.17, 15) is 4.79 Å². The van der Waals surface area contributed by atoms with Crippen LogP contribution in [0.3, 0.4) is 0 Å². The SMILES string of the molecule is O=C1C[C@@H]2CCCCC[C@@H]2O1. The molecule has 1 heterocycles. The second-order valence-electron chi connectivity index (χ2n) is 3.63. The maximum absolute atomic E-state index is 10.9. The number of carbonyl (C=O) groups is 1. The molecule has 2 fully saturated rings. The highest BCUT2D eigenvalue weighted by Crippen LogP contribution is 2.33.